The lowest BCUT2D eigenvalue weighted by Crippen LogP contribution is -2.47. The first kappa shape index (κ1) is 24.5. The molecule has 8 heteroatoms. The van der Waals surface area contributed by atoms with Gasteiger partial charge in [0.15, 0.2) is 0 Å². The van der Waals surface area contributed by atoms with E-state index in [4.69, 9.17) is 14.7 Å². The molecule has 1 aliphatic carbocycles. The molecule has 0 N–H and O–H groups in total. The summed E-state index contributed by atoms with van der Waals surface area (Å²) in [6.07, 6.45) is 6.03. The van der Waals surface area contributed by atoms with E-state index in [2.05, 4.69) is 34.8 Å². The first-order chi connectivity index (χ1) is 16.0. The van der Waals surface area contributed by atoms with Gasteiger partial charge in [-0.05, 0) is 58.2 Å². The third-order valence-electron chi connectivity index (χ3n) is 6.33. The average molecular weight is 452 g/mol. The maximum atomic E-state index is 13.1. The van der Waals surface area contributed by atoms with Crippen LogP contribution in [0.25, 0.3) is 0 Å². The molecule has 2 aromatic heterocycles. The second-order valence-corrected chi connectivity index (χ2v) is 8.30. The van der Waals surface area contributed by atoms with Gasteiger partial charge in [0, 0.05) is 44.1 Å². The van der Waals surface area contributed by atoms with Crippen molar-refractivity contribution < 1.29 is 14.3 Å². The number of nitriles is 1. The highest BCUT2D eigenvalue weighted by molar-refractivity contribution is 5.77. The number of likely N-dealkylation sites (N-methyl/N-ethyl adjacent to an activating group) is 2. The lowest BCUT2D eigenvalue weighted by Gasteiger charge is -2.41. The molecule has 0 saturated heterocycles. The van der Waals surface area contributed by atoms with Gasteiger partial charge in [-0.3, -0.25) is 9.78 Å². The molecule has 0 aliphatic heterocycles. The van der Waals surface area contributed by atoms with Crippen LogP contribution in [0.15, 0.2) is 36.7 Å². The van der Waals surface area contributed by atoms with Crippen LogP contribution in [-0.2, 0) is 15.1 Å². The molecule has 0 bridgehead atoms. The van der Waals surface area contributed by atoms with E-state index >= 15 is 0 Å². The number of methoxy groups -OCH3 is 1. The molecule has 1 atom stereocenters. The van der Waals surface area contributed by atoms with Gasteiger partial charge in [0.2, 0.25) is 5.91 Å². The van der Waals surface area contributed by atoms with Crippen molar-refractivity contribution in [1.82, 2.24) is 14.9 Å². The smallest absolute Gasteiger partial charge is 0.248 e. The van der Waals surface area contributed by atoms with E-state index in [1.807, 2.05) is 30.0 Å². The zero-order valence-electron chi connectivity index (χ0n) is 20.0. The Bertz CT molecular complexity index is 969. The van der Waals surface area contributed by atoms with Gasteiger partial charge in [-0.1, -0.05) is 0 Å². The fraction of sp³-hybridized carbons (Fsp3) is 0.520. The fourth-order valence-electron chi connectivity index (χ4n) is 4.20. The molecule has 1 fully saturated rings. The van der Waals surface area contributed by atoms with Crippen molar-refractivity contribution in [2.24, 2.45) is 0 Å². The van der Waals surface area contributed by atoms with Gasteiger partial charge in [-0.15, -0.1) is 0 Å². The van der Waals surface area contributed by atoms with Crippen LogP contribution in [0.4, 0.5) is 5.82 Å². The summed E-state index contributed by atoms with van der Waals surface area (Å²) in [5.41, 5.74) is 0.832. The molecule has 8 nitrogen and oxygen atoms in total. The minimum absolute atomic E-state index is 0.0146. The third-order valence-corrected chi connectivity index (χ3v) is 6.33. The Morgan fingerprint density at radius 2 is 2.03 bits per heavy atom. The Hall–Kier alpha value is -3.18. The van der Waals surface area contributed by atoms with Crippen molar-refractivity contribution in [3.63, 3.8) is 0 Å². The SMILES string of the molecule is CCN(CC(C)N(CC)c1ccc(C#N)cn1)C(=O)COC1(c2cc(OC)ccn2)CCC1. The second-order valence-electron chi connectivity index (χ2n) is 8.30. The molecule has 3 rings (SSSR count). The molecule has 33 heavy (non-hydrogen) atoms. The van der Waals surface area contributed by atoms with Gasteiger partial charge in [-0.25, -0.2) is 4.98 Å². The van der Waals surface area contributed by atoms with Gasteiger partial charge in [0.05, 0.1) is 18.4 Å². The van der Waals surface area contributed by atoms with Crippen LogP contribution in [0.5, 0.6) is 5.75 Å². The van der Waals surface area contributed by atoms with Crippen molar-refractivity contribution >= 4 is 11.7 Å². The maximum absolute atomic E-state index is 13.1. The molecule has 0 spiro atoms. The number of amides is 1. The van der Waals surface area contributed by atoms with Gasteiger partial charge in [-0.2, -0.15) is 5.26 Å². The van der Waals surface area contributed by atoms with E-state index in [0.717, 1.165) is 43.1 Å². The molecule has 0 aromatic carbocycles. The number of carbonyl (C=O) groups excluding carboxylic acids is 1. The van der Waals surface area contributed by atoms with E-state index < -0.39 is 5.60 Å². The number of hydrogen-bond donors (Lipinski definition) is 0. The zero-order valence-corrected chi connectivity index (χ0v) is 20.0. The van der Waals surface area contributed by atoms with E-state index in [1.165, 1.54) is 0 Å². The molecule has 1 aliphatic rings. The van der Waals surface area contributed by atoms with Crippen LogP contribution in [0.1, 0.15) is 51.3 Å². The first-order valence-electron chi connectivity index (χ1n) is 11.5. The summed E-state index contributed by atoms with van der Waals surface area (Å²) < 4.78 is 11.5. The minimum atomic E-state index is -0.517. The Morgan fingerprint density at radius 3 is 2.58 bits per heavy atom. The van der Waals surface area contributed by atoms with Crippen molar-refractivity contribution in [3.8, 4) is 11.8 Å². The van der Waals surface area contributed by atoms with Gasteiger partial charge >= 0.3 is 0 Å². The number of anilines is 1. The summed E-state index contributed by atoms with van der Waals surface area (Å²) in [4.78, 5) is 25.9. The molecule has 1 amide bonds. The zero-order chi connectivity index (χ0) is 23.8. The molecule has 0 radical (unpaired) electrons. The molecule has 1 unspecified atom stereocenters. The Kier molecular flexibility index (Phi) is 8.23. The fourth-order valence-corrected chi connectivity index (χ4v) is 4.20. The van der Waals surface area contributed by atoms with Crippen molar-refractivity contribution in [3.05, 3.63) is 47.9 Å². The number of pyridine rings is 2. The maximum Gasteiger partial charge on any atom is 0.248 e. The second kappa shape index (κ2) is 11.1. The molecule has 1 saturated carbocycles. The Balaban J connectivity index is 1.63. The number of rotatable bonds is 11. The molecule has 2 heterocycles. The van der Waals surface area contributed by atoms with Gasteiger partial charge in [0.1, 0.15) is 29.8 Å². The lowest BCUT2D eigenvalue weighted by atomic mass is 9.77. The number of aromatic nitrogens is 2. The predicted molar refractivity (Wildman–Crippen MR) is 126 cm³/mol. The lowest BCUT2D eigenvalue weighted by molar-refractivity contribution is -0.154. The van der Waals surface area contributed by atoms with Crippen molar-refractivity contribution in [1.29, 1.82) is 5.26 Å². The van der Waals surface area contributed by atoms with Crippen LogP contribution in [-0.4, -0.2) is 60.2 Å². The van der Waals surface area contributed by atoms with Crippen LogP contribution < -0.4 is 9.64 Å². The molecule has 2 aromatic rings. The molecular formula is C25H33N5O3. The normalized spacial score (nSPS) is 15.1. The summed E-state index contributed by atoms with van der Waals surface area (Å²) in [7, 11) is 1.63. The van der Waals surface area contributed by atoms with Crippen LogP contribution in [0.2, 0.25) is 0 Å². The summed E-state index contributed by atoms with van der Waals surface area (Å²) >= 11 is 0. The van der Waals surface area contributed by atoms with Gasteiger partial charge < -0.3 is 19.3 Å². The first-order valence-corrected chi connectivity index (χ1v) is 11.5. The van der Waals surface area contributed by atoms with Crippen LogP contribution >= 0.6 is 0 Å². The highest BCUT2D eigenvalue weighted by Gasteiger charge is 2.42. The number of nitrogens with zero attached hydrogens (tertiary/aromatic N) is 5. The Morgan fingerprint density at radius 1 is 1.24 bits per heavy atom. The quantitative estimate of drug-likeness (QED) is 0.516. The Labute approximate surface area is 196 Å². The van der Waals surface area contributed by atoms with E-state index in [1.54, 1.807) is 25.6 Å². The third kappa shape index (κ3) is 5.60. The summed E-state index contributed by atoms with van der Waals surface area (Å²) in [5.74, 6) is 1.49. The summed E-state index contributed by atoms with van der Waals surface area (Å²) in [6, 6.07) is 9.46. The van der Waals surface area contributed by atoms with Gasteiger partial charge in [0.25, 0.3) is 0 Å². The number of carbonyl (C=O) groups is 1. The van der Waals surface area contributed by atoms with E-state index in [9.17, 15) is 4.79 Å². The standard InChI is InChI=1S/C25H33N5O3/c1-5-29(17-19(3)30(6-2)23-9-8-20(15-26)16-28-23)24(31)18-33-25(11-7-12-25)22-14-21(32-4)10-13-27-22/h8-10,13-14,16,19H,5-7,11-12,17-18H2,1-4H3. The summed E-state index contributed by atoms with van der Waals surface area (Å²) in [6.45, 7) is 8.01. The summed E-state index contributed by atoms with van der Waals surface area (Å²) in [5, 5.41) is 9.00. The average Bonchev–Trinajstić information content (AvgIpc) is 2.82. The highest BCUT2D eigenvalue weighted by atomic mass is 16.5. The van der Waals surface area contributed by atoms with E-state index in [0.29, 0.717) is 18.7 Å². The van der Waals surface area contributed by atoms with E-state index in [-0.39, 0.29) is 18.6 Å². The predicted octanol–water partition coefficient (Wildman–Crippen LogP) is 3.52. The van der Waals surface area contributed by atoms with Crippen LogP contribution in [0, 0.1) is 11.3 Å². The monoisotopic (exact) mass is 451 g/mol. The molecular weight excluding hydrogens is 418 g/mol. The minimum Gasteiger partial charge on any atom is -0.497 e. The van der Waals surface area contributed by atoms with Crippen molar-refractivity contribution in [2.45, 2.75) is 51.7 Å². The number of ether oxygens (including phenoxy) is 2. The largest absolute Gasteiger partial charge is 0.497 e. The highest BCUT2D eigenvalue weighted by Crippen LogP contribution is 2.44. The number of hydrogen-bond acceptors (Lipinski definition) is 7. The molecule has 176 valence electrons. The van der Waals surface area contributed by atoms with Crippen molar-refractivity contribution in [2.75, 3.05) is 38.3 Å². The van der Waals surface area contributed by atoms with Crippen LogP contribution in [0.3, 0.4) is 0 Å². The topological polar surface area (TPSA) is 91.6 Å².